The number of ether oxygens (including phenoxy) is 3. The lowest BCUT2D eigenvalue weighted by Crippen LogP contribution is -2.20. The van der Waals surface area contributed by atoms with Gasteiger partial charge in [-0.05, 0) is 71.4 Å². The van der Waals surface area contributed by atoms with Crippen molar-refractivity contribution < 1.29 is 23.8 Å². The maximum Gasteiger partial charge on any atom is 0.306 e. The monoisotopic (exact) mass is 640 g/mol. The van der Waals surface area contributed by atoms with Gasteiger partial charge in [-0.2, -0.15) is 0 Å². The van der Waals surface area contributed by atoms with E-state index in [1.165, 1.54) is 96.3 Å². The van der Waals surface area contributed by atoms with Gasteiger partial charge in [-0.25, -0.2) is 0 Å². The molecule has 2 unspecified atom stereocenters. The summed E-state index contributed by atoms with van der Waals surface area (Å²) in [7, 11) is 4.07. The van der Waals surface area contributed by atoms with Crippen LogP contribution in [0.2, 0.25) is 0 Å². The molecular weight excluding hydrogens is 562 g/mol. The quantitative estimate of drug-likeness (QED) is 0.0508. The highest BCUT2D eigenvalue weighted by Gasteiger charge is 2.15. The van der Waals surface area contributed by atoms with Crippen LogP contribution < -0.4 is 0 Å². The van der Waals surface area contributed by atoms with Gasteiger partial charge in [-0.15, -0.1) is 0 Å². The number of esters is 2. The van der Waals surface area contributed by atoms with E-state index in [4.69, 9.17) is 14.2 Å². The van der Waals surface area contributed by atoms with E-state index in [9.17, 15) is 9.59 Å². The first-order chi connectivity index (χ1) is 21.9. The molecule has 0 fully saturated rings. The van der Waals surface area contributed by atoms with E-state index in [2.05, 4.69) is 25.7 Å². The number of nitrogens with zero attached hydrogens (tertiary/aromatic N) is 1. The minimum Gasteiger partial charge on any atom is -0.465 e. The molecule has 268 valence electrons. The standard InChI is InChI=1S/C39H77NO5/c1-6-9-12-14-15-18-22-28-37(45-39(42)31-25-33-43-34-32-40(4)5)29-23-19-16-17-20-24-30-38(41)44-35-36(26-11-8-3)27-21-13-10-7-2/h36-37H,6-35H2,1-5H3. The summed E-state index contributed by atoms with van der Waals surface area (Å²) in [5.41, 5.74) is 0. The van der Waals surface area contributed by atoms with E-state index in [-0.39, 0.29) is 18.0 Å². The van der Waals surface area contributed by atoms with Gasteiger partial charge in [0.1, 0.15) is 6.10 Å². The molecule has 0 rings (SSSR count). The molecule has 0 aromatic carbocycles. The molecule has 6 heteroatoms. The second kappa shape index (κ2) is 34.2. The van der Waals surface area contributed by atoms with Gasteiger partial charge < -0.3 is 19.1 Å². The van der Waals surface area contributed by atoms with E-state index >= 15 is 0 Å². The lowest BCUT2D eigenvalue weighted by atomic mass is 9.96. The molecule has 0 N–H and O–H groups in total. The average molecular weight is 640 g/mol. The minimum absolute atomic E-state index is 0.0137. The molecule has 2 atom stereocenters. The zero-order chi connectivity index (χ0) is 33.2. The van der Waals surface area contributed by atoms with Gasteiger partial charge in [0.2, 0.25) is 0 Å². The second-order valence-corrected chi connectivity index (χ2v) is 13.7. The number of likely N-dealkylation sites (N-methyl/N-ethyl adjacent to an activating group) is 1. The number of rotatable bonds is 35. The third-order valence-corrected chi connectivity index (χ3v) is 8.85. The van der Waals surface area contributed by atoms with Crippen molar-refractivity contribution in [3.8, 4) is 0 Å². The highest BCUT2D eigenvalue weighted by molar-refractivity contribution is 5.69. The molecule has 0 aromatic rings. The van der Waals surface area contributed by atoms with E-state index in [1.807, 2.05) is 14.1 Å². The maximum atomic E-state index is 12.5. The Hall–Kier alpha value is -1.14. The summed E-state index contributed by atoms with van der Waals surface area (Å²) in [6.45, 7) is 9.56. The van der Waals surface area contributed by atoms with Crippen LogP contribution in [0.15, 0.2) is 0 Å². The maximum absolute atomic E-state index is 12.5. The van der Waals surface area contributed by atoms with Crippen molar-refractivity contribution in [2.45, 2.75) is 194 Å². The predicted molar refractivity (Wildman–Crippen MR) is 191 cm³/mol. The Kier molecular flexibility index (Phi) is 33.3. The second-order valence-electron chi connectivity index (χ2n) is 13.7. The van der Waals surface area contributed by atoms with Gasteiger partial charge in [0.05, 0.1) is 13.2 Å². The smallest absolute Gasteiger partial charge is 0.306 e. The molecule has 0 aromatic heterocycles. The van der Waals surface area contributed by atoms with Gasteiger partial charge in [0, 0.05) is 26.0 Å². The molecule has 0 saturated heterocycles. The lowest BCUT2D eigenvalue weighted by molar-refractivity contribution is -0.150. The van der Waals surface area contributed by atoms with Crippen molar-refractivity contribution in [3.05, 3.63) is 0 Å². The van der Waals surface area contributed by atoms with Crippen molar-refractivity contribution >= 4 is 11.9 Å². The zero-order valence-corrected chi connectivity index (χ0v) is 30.9. The van der Waals surface area contributed by atoms with E-state index in [0.29, 0.717) is 38.6 Å². The number of hydrogen-bond donors (Lipinski definition) is 0. The van der Waals surface area contributed by atoms with Crippen LogP contribution >= 0.6 is 0 Å². The summed E-state index contributed by atoms with van der Waals surface area (Å²) in [5.74, 6) is 0.450. The minimum atomic E-state index is -0.0702. The van der Waals surface area contributed by atoms with Crippen LogP contribution in [0.3, 0.4) is 0 Å². The van der Waals surface area contributed by atoms with Crippen molar-refractivity contribution in [1.82, 2.24) is 4.90 Å². The fraction of sp³-hybridized carbons (Fsp3) is 0.949. The van der Waals surface area contributed by atoms with Gasteiger partial charge >= 0.3 is 11.9 Å². The summed E-state index contributed by atoms with van der Waals surface area (Å²) in [5, 5.41) is 0. The van der Waals surface area contributed by atoms with Gasteiger partial charge in [-0.1, -0.05) is 124 Å². The molecule has 6 nitrogen and oxygen atoms in total. The van der Waals surface area contributed by atoms with Gasteiger partial charge in [0.15, 0.2) is 0 Å². The molecule has 0 aliphatic rings. The first kappa shape index (κ1) is 43.9. The lowest BCUT2D eigenvalue weighted by Gasteiger charge is -2.18. The van der Waals surface area contributed by atoms with Crippen LogP contribution in [-0.4, -0.2) is 63.4 Å². The first-order valence-corrected chi connectivity index (χ1v) is 19.5. The SMILES string of the molecule is CCCCCCCCCC(CCCCCCCCC(=O)OCC(CCCC)CCCCCC)OC(=O)CCCOCCN(C)C. The highest BCUT2D eigenvalue weighted by Crippen LogP contribution is 2.20. The molecule has 0 saturated carbocycles. The normalized spacial score (nSPS) is 12.8. The summed E-state index contributed by atoms with van der Waals surface area (Å²) >= 11 is 0. The number of unbranched alkanes of at least 4 members (excludes halogenated alkanes) is 15. The fourth-order valence-corrected chi connectivity index (χ4v) is 5.80. The van der Waals surface area contributed by atoms with Gasteiger partial charge in [-0.3, -0.25) is 9.59 Å². The molecule has 0 bridgehead atoms. The summed E-state index contributed by atoms with van der Waals surface area (Å²) in [4.78, 5) is 27.0. The zero-order valence-electron chi connectivity index (χ0n) is 30.9. The van der Waals surface area contributed by atoms with E-state index in [1.54, 1.807) is 0 Å². The Morgan fingerprint density at radius 3 is 1.62 bits per heavy atom. The molecule has 0 heterocycles. The Bertz CT molecular complexity index is 641. The summed E-state index contributed by atoms with van der Waals surface area (Å²) < 4.78 is 17.3. The average Bonchev–Trinajstić information content (AvgIpc) is 3.02. The van der Waals surface area contributed by atoms with Crippen molar-refractivity contribution in [3.63, 3.8) is 0 Å². The van der Waals surface area contributed by atoms with Crippen LogP contribution in [0.1, 0.15) is 188 Å². The summed E-state index contributed by atoms with van der Waals surface area (Å²) in [6.07, 6.45) is 29.2. The largest absolute Gasteiger partial charge is 0.465 e. The van der Waals surface area contributed by atoms with Crippen LogP contribution in [-0.2, 0) is 23.8 Å². The topological polar surface area (TPSA) is 65.1 Å². The Labute approximate surface area is 280 Å². The summed E-state index contributed by atoms with van der Waals surface area (Å²) in [6, 6.07) is 0. The molecular formula is C39H77NO5. The molecule has 0 aliphatic heterocycles. The number of carbonyl (C=O) groups excluding carboxylic acids is 2. The van der Waals surface area contributed by atoms with E-state index in [0.717, 1.165) is 64.3 Å². The Morgan fingerprint density at radius 1 is 0.533 bits per heavy atom. The Balaban J connectivity index is 4.19. The van der Waals surface area contributed by atoms with Crippen molar-refractivity contribution in [1.29, 1.82) is 0 Å². The molecule has 0 amide bonds. The number of carbonyl (C=O) groups is 2. The van der Waals surface area contributed by atoms with Crippen LogP contribution in [0.5, 0.6) is 0 Å². The first-order valence-electron chi connectivity index (χ1n) is 19.5. The number of hydrogen-bond acceptors (Lipinski definition) is 6. The predicted octanol–water partition coefficient (Wildman–Crippen LogP) is 10.8. The van der Waals surface area contributed by atoms with Crippen LogP contribution in [0.25, 0.3) is 0 Å². The molecule has 0 aliphatic carbocycles. The van der Waals surface area contributed by atoms with Crippen LogP contribution in [0.4, 0.5) is 0 Å². The molecule has 45 heavy (non-hydrogen) atoms. The Morgan fingerprint density at radius 2 is 1.02 bits per heavy atom. The molecule has 0 spiro atoms. The van der Waals surface area contributed by atoms with Crippen LogP contribution in [0, 0.1) is 5.92 Å². The third kappa shape index (κ3) is 32.6. The fourth-order valence-electron chi connectivity index (χ4n) is 5.80. The van der Waals surface area contributed by atoms with Crippen molar-refractivity contribution in [2.75, 3.05) is 40.5 Å². The molecule has 0 radical (unpaired) electrons. The highest BCUT2D eigenvalue weighted by atomic mass is 16.5. The van der Waals surface area contributed by atoms with E-state index < -0.39 is 0 Å². The third-order valence-electron chi connectivity index (χ3n) is 8.85. The van der Waals surface area contributed by atoms with Crippen molar-refractivity contribution in [2.24, 2.45) is 5.92 Å². The van der Waals surface area contributed by atoms with Gasteiger partial charge in [0.25, 0.3) is 0 Å².